The van der Waals surface area contributed by atoms with E-state index in [0.717, 1.165) is 37.8 Å². The molecule has 1 N–H and O–H groups in total. The Morgan fingerprint density at radius 2 is 1.60 bits per heavy atom. The van der Waals surface area contributed by atoms with Crippen LogP contribution in [-0.2, 0) is 16.1 Å². The van der Waals surface area contributed by atoms with E-state index >= 15 is 0 Å². The number of nitrogens with zero attached hydrogens (tertiary/aromatic N) is 3. The first-order valence-electron chi connectivity index (χ1n) is 13.8. The third-order valence-corrected chi connectivity index (χ3v) is 9.63. The maximum Gasteiger partial charge on any atom is 0.255 e. The highest BCUT2D eigenvalue weighted by Gasteiger charge is 2.40. The van der Waals surface area contributed by atoms with Crippen LogP contribution in [0.5, 0.6) is 0 Å². The lowest BCUT2D eigenvalue weighted by Crippen LogP contribution is -2.52. The third kappa shape index (κ3) is 4.37. The number of amides is 3. The molecule has 1 atom stereocenters. The zero-order valence-corrected chi connectivity index (χ0v) is 20.8. The quantitative estimate of drug-likeness (QED) is 0.674. The molecule has 4 fully saturated rings. The highest BCUT2D eigenvalue weighted by Crippen LogP contribution is 2.48. The summed E-state index contributed by atoms with van der Waals surface area (Å²) in [4.78, 5) is 43.6. The van der Waals surface area contributed by atoms with Crippen molar-refractivity contribution in [1.29, 1.82) is 0 Å². The van der Waals surface area contributed by atoms with E-state index in [-0.39, 0.29) is 24.1 Å². The molecule has 3 aliphatic heterocycles. The van der Waals surface area contributed by atoms with E-state index in [1.54, 1.807) is 4.90 Å². The van der Waals surface area contributed by atoms with Crippen LogP contribution < -0.4 is 10.2 Å². The maximum atomic E-state index is 13.0. The zero-order valence-electron chi connectivity index (χ0n) is 20.8. The fourth-order valence-electron chi connectivity index (χ4n) is 7.48. The number of nitrogens with one attached hydrogen (secondary N) is 1. The molecule has 3 amide bonds. The number of hydrogen-bond acceptors (Lipinski definition) is 5. The van der Waals surface area contributed by atoms with Crippen molar-refractivity contribution in [3.63, 3.8) is 0 Å². The minimum Gasteiger partial charge on any atom is -0.369 e. The normalized spacial score (nSPS) is 27.9. The molecule has 2 saturated carbocycles. The van der Waals surface area contributed by atoms with Gasteiger partial charge in [0.2, 0.25) is 11.8 Å². The van der Waals surface area contributed by atoms with E-state index in [0.29, 0.717) is 23.9 Å². The minimum absolute atomic E-state index is 0.0982. The molecule has 188 valence electrons. The predicted octanol–water partition coefficient (Wildman–Crippen LogP) is 3.46. The maximum absolute atomic E-state index is 13.0. The number of piperazine rings is 1. The Morgan fingerprint density at radius 1 is 0.857 bits per heavy atom. The Morgan fingerprint density at radius 3 is 2.31 bits per heavy atom. The molecule has 2 saturated heterocycles. The second-order valence-corrected chi connectivity index (χ2v) is 11.6. The molecular formula is C28H38N4O3. The molecule has 0 bridgehead atoms. The van der Waals surface area contributed by atoms with Gasteiger partial charge in [-0.2, -0.15) is 0 Å². The molecule has 7 heteroatoms. The van der Waals surface area contributed by atoms with Gasteiger partial charge in [0.1, 0.15) is 6.04 Å². The largest absolute Gasteiger partial charge is 0.369 e. The van der Waals surface area contributed by atoms with Gasteiger partial charge in [-0.3, -0.25) is 24.6 Å². The summed E-state index contributed by atoms with van der Waals surface area (Å²) in [5.74, 6) is -0.701. The van der Waals surface area contributed by atoms with Crippen LogP contribution in [0.2, 0.25) is 0 Å². The number of anilines is 1. The molecule has 7 nitrogen and oxygen atoms in total. The average Bonchev–Trinajstić information content (AvgIpc) is 3.20. The Bertz CT molecular complexity index is 999. The standard InChI is InChI=1S/C28H38N4O3/c33-25-7-6-24(26(34)29-25)32-19-20-18-22(4-5-23(20)27(32)35)31-16-14-30(15-17-31)21-8-12-28(13-9-21)10-2-1-3-11-28/h4-5,18,21,24H,1-3,6-17,19H2,(H,29,33,34)/t24-/m0/s1. The van der Waals surface area contributed by atoms with Gasteiger partial charge in [0.05, 0.1) is 0 Å². The van der Waals surface area contributed by atoms with Gasteiger partial charge >= 0.3 is 0 Å². The Kier molecular flexibility index (Phi) is 6.07. The summed E-state index contributed by atoms with van der Waals surface area (Å²) in [7, 11) is 0. The van der Waals surface area contributed by atoms with E-state index in [1.165, 1.54) is 63.5 Å². The summed E-state index contributed by atoms with van der Waals surface area (Å²) in [5, 5.41) is 2.38. The number of carbonyl (C=O) groups is 3. The predicted molar refractivity (Wildman–Crippen MR) is 134 cm³/mol. The molecule has 0 unspecified atom stereocenters. The Labute approximate surface area is 208 Å². The summed E-state index contributed by atoms with van der Waals surface area (Å²) in [5.41, 5.74) is 3.53. The lowest BCUT2D eigenvalue weighted by Gasteiger charge is -2.47. The van der Waals surface area contributed by atoms with Crippen molar-refractivity contribution in [3.8, 4) is 0 Å². The van der Waals surface area contributed by atoms with Crippen LogP contribution in [0.4, 0.5) is 5.69 Å². The van der Waals surface area contributed by atoms with Gasteiger partial charge in [-0.05, 0) is 74.1 Å². The number of hydrogen-bond donors (Lipinski definition) is 1. The van der Waals surface area contributed by atoms with E-state index in [4.69, 9.17) is 0 Å². The summed E-state index contributed by atoms with van der Waals surface area (Å²) >= 11 is 0. The van der Waals surface area contributed by atoms with Gasteiger partial charge in [0, 0.05) is 56.4 Å². The van der Waals surface area contributed by atoms with Gasteiger partial charge < -0.3 is 9.80 Å². The summed E-state index contributed by atoms with van der Waals surface area (Å²) in [6, 6.07) is 6.33. The van der Waals surface area contributed by atoms with Crippen LogP contribution >= 0.6 is 0 Å². The Balaban J connectivity index is 1.05. The van der Waals surface area contributed by atoms with E-state index in [1.807, 2.05) is 6.07 Å². The number of benzene rings is 1. The van der Waals surface area contributed by atoms with Gasteiger partial charge in [-0.15, -0.1) is 0 Å². The topological polar surface area (TPSA) is 73.0 Å². The molecule has 1 aromatic rings. The first-order chi connectivity index (χ1) is 17.0. The van der Waals surface area contributed by atoms with Gasteiger partial charge in [-0.1, -0.05) is 19.3 Å². The fourth-order valence-corrected chi connectivity index (χ4v) is 7.48. The lowest BCUT2D eigenvalue weighted by atomic mass is 9.64. The smallest absolute Gasteiger partial charge is 0.255 e. The van der Waals surface area contributed by atoms with Crippen molar-refractivity contribution in [1.82, 2.24) is 15.1 Å². The first kappa shape index (κ1) is 23.0. The molecule has 35 heavy (non-hydrogen) atoms. The zero-order chi connectivity index (χ0) is 24.0. The number of rotatable bonds is 3. The van der Waals surface area contributed by atoms with Crippen molar-refractivity contribution in [2.45, 2.75) is 89.3 Å². The van der Waals surface area contributed by atoms with Crippen molar-refractivity contribution in [3.05, 3.63) is 29.3 Å². The molecule has 6 rings (SSSR count). The number of imide groups is 1. The van der Waals surface area contributed by atoms with E-state index in [9.17, 15) is 14.4 Å². The van der Waals surface area contributed by atoms with Gasteiger partial charge in [-0.25, -0.2) is 0 Å². The molecule has 2 aliphatic carbocycles. The van der Waals surface area contributed by atoms with Crippen molar-refractivity contribution < 1.29 is 14.4 Å². The highest BCUT2D eigenvalue weighted by atomic mass is 16.2. The van der Waals surface area contributed by atoms with Crippen LogP contribution in [0.3, 0.4) is 0 Å². The first-order valence-corrected chi connectivity index (χ1v) is 13.8. The number of piperidine rings is 1. The molecule has 0 aromatic heterocycles. The monoisotopic (exact) mass is 478 g/mol. The van der Waals surface area contributed by atoms with Crippen LogP contribution in [0, 0.1) is 5.41 Å². The molecule has 1 aromatic carbocycles. The van der Waals surface area contributed by atoms with E-state index < -0.39 is 6.04 Å². The molecular weight excluding hydrogens is 440 g/mol. The summed E-state index contributed by atoms with van der Waals surface area (Å²) < 4.78 is 0. The summed E-state index contributed by atoms with van der Waals surface area (Å²) in [6.45, 7) is 4.70. The van der Waals surface area contributed by atoms with Gasteiger partial charge in [0.15, 0.2) is 0 Å². The highest BCUT2D eigenvalue weighted by molar-refractivity contribution is 6.05. The Hall–Kier alpha value is -2.41. The van der Waals surface area contributed by atoms with Crippen LogP contribution in [0.1, 0.15) is 86.6 Å². The molecule has 5 aliphatic rings. The number of fused-ring (bicyclic) bond motifs is 1. The average molecular weight is 479 g/mol. The van der Waals surface area contributed by atoms with E-state index in [2.05, 4.69) is 27.2 Å². The second-order valence-electron chi connectivity index (χ2n) is 11.6. The van der Waals surface area contributed by atoms with Crippen molar-refractivity contribution in [2.75, 3.05) is 31.1 Å². The second kappa shape index (κ2) is 9.23. The van der Waals surface area contributed by atoms with Crippen LogP contribution in [0.25, 0.3) is 0 Å². The molecule has 1 spiro atoms. The third-order valence-electron chi connectivity index (χ3n) is 9.63. The minimum atomic E-state index is -0.553. The molecule has 0 radical (unpaired) electrons. The van der Waals surface area contributed by atoms with Crippen LogP contribution in [-0.4, -0.2) is 65.8 Å². The fraction of sp³-hybridized carbons (Fsp3) is 0.679. The SMILES string of the molecule is O=C1CC[C@H](N2Cc3cc(N4CCN(C5CCC6(CCCCC6)CC5)CC4)ccc3C2=O)C(=O)N1. The summed E-state index contributed by atoms with van der Waals surface area (Å²) in [6.07, 6.45) is 13.6. The molecule has 3 heterocycles. The van der Waals surface area contributed by atoms with Gasteiger partial charge in [0.25, 0.3) is 5.91 Å². The van der Waals surface area contributed by atoms with Crippen molar-refractivity contribution in [2.24, 2.45) is 5.41 Å². The lowest BCUT2D eigenvalue weighted by molar-refractivity contribution is -0.136. The van der Waals surface area contributed by atoms with Crippen molar-refractivity contribution >= 4 is 23.4 Å². The number of carbonyl (C=O) groups excluding carboxylic acids is 3. The van der Waals surface area contributed by atoms with Crippen LogP contribution in [0.15, 0.2) is 18.2 Å².